The van der Waals surface area contributed by atoms with Crippen LogP contribution in [-0.2, 0) is 9.59 Å². The van der Waals surface area contributed by atoms with Gasteiger partial charge in [0.25, 0.3) is 11.8 Å². The Bertz CT molecular complexity index is 1020. The van der Waals surface area contributed by atoms with E-state index >= 15 is 0 Å². The van der Waals surface area contributed by atoms with Crippen molar-refractivity contribution in [1.29, 1.82) is 0 Å². The van der Waals surface area contributed by atoms with Crippen molar-refractivity contribution in [2.75, 3.05) is 24.3 Å². The number of hydrogen-bond acceptors (Lipinski definition) is 4. The van der Waals surface area contributed by atoms with Crippen LogP contribution in [-0.4, -0.2) is 42.0 Å². The molecule has 0 aliphatic carbocycles. The van der Waals surface area contributed by atoms with Crippen LogP contribution in [0.5, 0.6) is 0 Å². The Morgan fingerprint density at radius 2 is 1.86 bits per heavy atom. The van der Waals surface area contributed by atoms with E-state index in [9.17, 15) is 14.0 Å². The predicted octanol–water partition coefficient (Wildman–Crippen LogP) is 3.39. The van der Waals surface area contributed by atoms with Crippen LogP contribution >= 0.6 is 23.2 Å². The average Bonchev–Trinajstić information content (AvgIpc) is 2.96. The Morgan fingerprint density at radius 1 is 1.18 bits per heavy atom. The van der Waals surface area contributed by atoms with Gasteiger partial charge in [-0.2, -0.15) is 5.10 Å². The van der Waals surface area contributed by atoms with Gasteiger partial charge < -0.3 is 10.2 Å². The lowest BCUT2D eigenvalue weighted by Crippen LogP contribution is -2.53. The van der Waals surface area contributed by atoms with E-state index in [4.69, 9.17) is 23.2 Å². The second-order valence-corrected chi connectivity index (χ2v) is 7.61. The number of hydrazone groups is 1. The van der Waals surface area contributed by atoms with Crippen molar-refractivity contribution in [1.82, 2.24) is 5.01 Å². The zero-order valence-electron chi connectivity index (χ0n) is 14.9. The normalized spacial score (nSPS) is 22.2. The van der Waals surface area contributed by atoms with Gasteiger partial charge in [-0.3, -0.25) is 9.59 Å². The Hall–Kier alpha value is -2.64. The van der Waals surface area contributed by atoms with Gasteiger partial charge in [0.1, 0.15) is 17.2 Å². The SMILES string of the molecule is CN(C)c1ccc(C2C(Cl)C(=O)N2/N=C2\C(=O)Nc3cc(Cl)c(F)cc32)cc1. The van der Waals surface area contributed by atoms with E-state index in [0.717, 1.165) is 17.3 Å². The molecule has 0 radical (unpaired) electrons. The Kier molecular flexibility index (Phi) is 4.51. The summed E-state index contributed by atoms with van der Waals surface area (Å²) < 4.78 is 13.9. The number of carbonyl (C=O) groups excluding carboxylic acids is 2. The van der Waals surface area contributed by atoms with E-state index in [1.54, 1.807) is 0 Å². The van der Waals surface area contributed by atoms with Gasteiger partial charge in [0.05, 0.1) is 10.7 Å². The fourth-order valence-corrected chi connectivity index (χ4v) is 3.70. The summed E-state index contributed by atoms with van der Waals surface area (Å²) in [6.45, 7) is 0. The Balaban J connectivity index is 1.70. The Morgan fingerprint density at radius 3 is 2.50 bits per heavy atom. The minimum Gasteiger partial charge on any atom is -0.378 e. The first-order chi connectivity index (χ1) is 13.3. The van der Waals surface area contributed by atoms with Gasteiger partial charge in [-0.1, -0.05) is 23.7 Å². The van der Waals surface area contributed by atoms with Crippen LogP contribution in [0, 0.1) is 5.82 Å². The highest BCUT2D eigenvalue weighted by molar-refractivity contribution is 6.54. The first kappa shape index (κ1) is 18.7. The number of hydrogen-bond donors (Lipinski definition) is 1. The van der Waals surface area contributed by atoms with Crippen molar-refractivity contribution in [2.45, 2.75) is 11.4 Å². The molecule has 0 aromatic heterocycles. The van der Waals surface area contributed by atoms with E-state index in [-0.39, 0.29) is 16.3 Å². The summed E-state index contributed by atoms with van der Waals surface area (Å²) >= 11 is 12.0. The molecule has 2 aromatic carbocycles. The minimum atomic E-state index is -0.791. The molecule has 1 N–H and O–H groups in total. The maximum Gasteiger partial charge on any atom is 0.276 e. The third-order valence-corrected chi connectivity index (χ3v) is 5.45. The molecule has 28 heavy (non-hydrogen) atoms. The molecule has 6 nitrogen and oxygen atoms in total. The first-order valence-electron chi connectivity index (χ1n) is 8.41. The number of rotatable bonds is 3. The molecule has 0 bridgehead atoms. The molecule has 144 valence electrons. The van der Waals surface area contributed by atoms with Gasteiger partial charge in [0.2, 0.25) is 0 Å². The summed E-state index contributed by atoms with van der Waals surface area (Å²) in [4.78, 5) is 26.5. The van der Waals surface area contributed by atoms with Gasteiger partial charge in [-0.25, -0.2) is 9.40 Å². The molecular formula is C19H15Cl2FN4O2. The third kappa shape index (κ3) is 2.91. The van der Waals surface area contributed by atoms with Crippen LogP contribution in [0.15, 0.2) is 41.5 Å². The number of anilines is 2. The zero-order chi connectivity index (χ0) is 20.2. The van der Waals surface area contributed by atoms with Gasteiger partial charge in [0, 0.05) is 25.3 Å². The van der Waals surface area contributed by atoms with E-state index in [1.807, 2.05) is 43.3 Å². The fraction of sp³-hybridized carbons (Fsp3) is 0.211. The van der Waals surface area contributed by atoms with Gasteiger partial charge in [-0.05, 0) is 29.8 Å². The van der Waals surface area contributed by atoms with Crippen molar-refractivity contribution in [3.8, 4) is 0 Å². The number of amides is 2. The quantitative estimate of drug-likeness (QED) is 0.611. The molecule has 2 atom stereocenters. The van der Waals surface area contributed by atoms with E-state index < -0.39 is 29.1 Å². The number of fused-ring (bicyclic) bond motifs is 1. The van der Waals surface area contributed by atoms with Gasteiger partial charge in [0.15, 0.2) is 5.71 Å². The van der Waals surface area contributed by atoms with Crippen LogP contribution in [0.1, 0.15) is 17.2 Å². The molecule has 1 saturated heterocycles. The standard InChI is InChI=1S/C19H15Cl2FN4O2/c1-25(2)10-5-3-9(4-6-10)17-15(21)19(28)26(17)24-16-11-7-13(22)12(20)8-14(11)23-18(16)27/h3-8,15,17H,1-2H3,(H,23,24,27). The van der Waals surface area contributed by atoms with Gasteiger partial charge in [-0.15, -0.1) is 11.6 Å². The molecule has 2 amide bonds. The van der Waals surface area contributed by atoms with Crippen molar-refractivity contribution in [2.24, 2.45) is 5.10 Å². The van der Waals surface area contributed by atoms with Gasteiger partial charge >= 0.3 is 0 Å². The summed E-state index contributed by atoms with van der Waals surface area (Å²) in [5.41, 5.74) is 2.32. The lowest BCUT2D eigenvalue weighted by molar-refractivity contribution is -0.145. The van der Waals surface area contributed by atoms with Crippen LogP contribution in [0.25, 0.3) is 0 Å². The number of halogens is 3. The highest BCUT2D eigenvalue weighted by Crippen LogP contribution is 2.40. The number of nitrogens with zero attached hydrogens (tertiary/aromatic N) is 3. The number of β-lactam (4-membered cyclic amide) rings is 1. The third-order valence-electron chi connectivity index (χ3n) is 4.74. The smallest absolute Gasteiger partial charge is 0.276 e. The number of carbonyl (C=O) groups is 2. The molecule has 1 fully saturated rings. The van der Waals surface area contributed by atoms with E-state index in [1.165, 1.54) is 11.1 Å². The molecule has 2 heterocycles. The lowest BCUT2D eigenvalue weighted by atomic mass is 9.95. The highest BCUT2D eigenvalue weighted by atomic mass is 35.5. The second-order valence-electron chi connectivity index (χ2n) is 6.73. The van der Waals surface area contributed by atoms with E-state index in [2.05, 4.69) is 10.4 Å². The van der Waals surface area contributed by atoms with Crippen molar-refractivity contribution >= 4 is 52.1 Å². The number of alkyl halides is 1. The Labute approximate surface area is 170 Å². The molecule has 2 aliphatic rings. The molecule has 9 heteroatoms. The largest absolute Gasteiger partial charge is 0.378 e. The van der Waals surface area contributed by atoms with Crippen LogP contribution in [0.3, 0.4) is 0 Å². The van der Waals surface area contributed by atoms with Crippen LogP contribution in [0.4, 0.5) is 15.8 Å². The lowest BCUT2D eigenvalue weighted by Gasteiger charge is -2.41. The van der Waals surface area contributed by atoms with Crippen molar-refractivity contribution in [3.05, 3.63) is 58.4 Å². The monoisotopic (exact) mass is 420 g/mol. The summed E-state index contributed by atoms with van der Waals surface area (Å²) in [5, 5.41) is 7.04. The summed E-state index contributed by atoms with van der Waals surface area (Å²) in [5.74, 6) is -1.64. The molecule has 4 rings (SSSR count). The maximum absolute atomic E-state index is 13.9. The molecule has 0 spiro atoms. The van der Waals surface area contributed by atoms with Crippen LogP contribution in [0.2, 0.25) is 5.02 Å². The number of benzene rings is 2. The summed E-state index contributed by atoms with van der Waals surface area (Å²) in [6, 6.07) is 9.44. The topological polar surface area (TPSA) is 65.0 Å². The summed E-state index contributed by atoms with van der Waals surface area (Å²) in [7, 11) is 3.85. The molecule has 2 unspecified atom stereocenters. The highest BCUT2D eigenvalue weighted by Gasteiger charge is 2.48. The summed E-state index contributed by atoms with van der Waals surface area (Å²) in [6.07, 6.45) is 0. The minimum absolute atomic E-state index is 0.0580. The molecule has 2 aliphatic heterocycles. The van der Waals surface area contributed by atoms with Crippen molar-refractivity contribution in [3.63, 3.8) is 0 Å². The fourth-order valence-electron chi connectivity index (χ4n) is 3.19. The van der Waals surface area contributed by atoms with E-state index in [0.29, 0.717) is 5.69 Å². The molecule has 0 saturated carbocycles. The second kappa shape index (κ2) is 6.76. The number of nitrogens with one attached hydrogen (secondary N) is 1. The molecular weight excluding hydrogens is 406 g/mol. The zero-order valence-corrected chi connectivity index (χ0v) is 16.4. The van der Waals surface area contributed by atoms with Crippen LogP contribution < -0.4 is 10.2 Å². The average molecular weight is 421 g/mol. The first-order valence-corrected chi connectivity index (χ1v) is 9.23. The maximum atomic E-state index is 13.9. The molecule has 2 aromatic rings. The van der Waals surface area contributed by atoms with Crippen molar-refractivity contribution < 1.29 is 14.0 Å². The predicted molar refractivity (Wildman–Crippen MR) is 107 cm³/mol.